The molecule has 0 saturated carbocycles. The van der Waals surface area contributed by atoms with Crippen LogP contribution in [0.3, 0.4) is 0 Å². The predicted octanol–water partition coefficient (Wildman–Crippen LogP) is 3.69. The lowest BCUT2D eigenvalue weighted by Gasteiger charge is -2.32. The quantitative estimate of drug-likeness (QED) is 0.764. The molecule has 0 spiro atoms. The van der Waals surface area contributed by atoms with Crippen LogP contribution in [0, 0.1) is 0 Å². The first-order valence-corrected chi connectivity index (χ1v) is 7.62. The number of hydrogen-bond acceptors (Lipinski definition) is 4. The Morgan fingerprint density at radius 2 is 2.12 bits per heavy atom. The number of nitrogens with zero attached hydrogens (tertiary/aromatic N) is 2. The number of hydrogen-bond donors (Lipinski definition) is 1. The summed E-state index contributed by atoms with van der Waals surface area (Å²) >= 11 is 0. The molecule has 130 valence electrons. The third kappa shape index (κ3) is 3.30. The van der Waals surface area contributed by atoms with E-state index < -0.39 is 0 Å². The number of para-hydroxylation sites is 1. The molecular weight excluding hydrogens is 349 g/mol. The molecule has 0 radical (unpaired) electrons. The van der Waals surface area contributed by atoms with Crippen LogP contribution in [-0.4, -0.2) is 35.9 Å². The third-order valence-corrected chi connectivity index (χ3v) is 4.36. The second-order valence-electron chi connectivity index (χ2n) is 5.64. The lowest BCUT2D eigenvalue weighted by Crippen LogP contribution is -2.42. The summed E-state index contributed by atoms with van der Waals surface area (Å²) in [6, 6.07) is 10.3. The molecule has 3 aromatic rings. The van der Waals surface area contributed by atoms with Crippen LogP contribution in [-0.2, 0) is 4.74 Å². The first kappa shape index (κ1) is 18.8. The second kappa shape index (κ2) is 8.03. The standard InChI is InChI=1S/C17H19N3O2.2ClH/c1-21-15-6-7-18-11-13(15)20-9-8-19-17(20)16-10-12-4-2-3-5-14(12)22-16;;/h2-5,8-10,13,15,18H,6-7,11H2,1H3;2*1H/t13-,15+;;/m1../s1. The molecule has 7 heteroatoms. The van der Waals surface area contributed by atoms with E-state index in [1.165, 1.54) is 0 Å². The number of aromatic nitrogens is 2. The van der Waals surface area contributed by atoms with Crippen molar-refractivity contribution in [1.82, 2.24) is 14.9 Å². The average Bonchev–Trinajstić information content (AvgIpc) is 3.20. The molecule has 4 rings (SSSR count). The van der Waals surface area contributed by atoms with E-state index in [1.54, 1.807) is 7.11 Å². The van der Waals surface area contributed by atoms with Gasteiger partial charge in [-0.05, 0) is 25.1 Å². The zero-order chi connectivity index (χ0) is 14.9. The summed E-state index contributed by atoms with van der Waals surface area (Å²) in [7, 11) is 1.78. The van der Waals surface area contributed by atoms with Gasteiger partial charge in [-0.25, -0.2) is 4.98 Å². The van der Waals surface area contributed by atoms with Crippen LogP contribution in [0.15, 0.2) is 47.1 Å². The van der Waals surface area contributed by atoms with Gasteiger partial charge >= 0.3 is 0 Å². The minimum absolute atomic E-state index is 0. The first-order valence-electron chi connectivity index (χ1n) is 7.62. The Labute approximate surface area is 153 Å². The van der Waals surface area contributed by atoms with Crippen LogP contribution in [0.4, 0.5) is 0 Å². The van der Waals surface area contributed by atoms with E-state index in [9.17, 15) is 0 Å². The minimum atomic E-state index is 0. The Morgan fingerprint density at radius 3 is 2.92 bits per heavy atom. The maximum atomic E-state index is 5.97. The smallest absolute Gasteiger partial charge is 0.176 e. The zero-order valence-electron chi connectivity index (χ0n) is 13.3. The van der Waals surface area contributed by atoms with E-state index in [4.69, 9.17) is 9.15 Å². The van der Waals surface area contributed by atoms with Gasteiger partial charge in [0, 0.05) is 31.4 Å². The summed E-state index contributed by atoms with van der Waals surface area (Å²) < 4.78 is 13.8. The number of nitrogens with one attached hydrogen (secondary N) is 1. The van der Waals surface area contributed by atoms with Gasteiger partial charge in [-0.15, -0.1) is 24.8 Å². The molecule has 3 heterocycles. The number of ether oxygens (including phenoxy) is 1. The minimum Gasteiger partial charge on any atom is -0.453 e. The highest BCUT2D eigenvalue weighted by atomic mass is 35.5. The lowest BCUT2D eigenvalue weighted by atomic mass is 10.0. The first-order chi connectivity index (χ1) is 10.9. The number of rotatable bonds is 3. The van der Waals surface area contributed by atoms with Gasteiger partial charge in [0.25, 0.3) is 0 Å². The lowest BCUT2D eigenvalue weighted by molar-refractivity contribution is 0.0364. The summed E-state index contributed by atoms with van der Waals surface area (Å²) in [5.41, 5.74) is 0.886. The van der Waals surface area contributed by atoms with Crippen LogP contribution < -0.4 is 5.32 Å². The van der Waals surface area contributed by atoms with Crippen molar-refractivity contribution >= 4 is 35.8 Å². The Kier molecular flexibility index (Phi) is 6.29. The van der Waals surface area contributed by atoms with E-state index in [0.29, 0.717) is 0 Å². The van der Waals surface area contributed by atoms with Gasteiger partial charge in [-0.3, -0.25) is 0 Å². The molecular formula is C17H21Cl2N3O2. The zero-order valence-corrected chi connectivity index (χ0v) is 15.0. The van der Waals surface area contributed by atoms with Crippen molar-refractivity contribution in [3.8, 4) is 11.6 Å². The fourth-order valence-electron chi connectivity index (χ4n) is 3.23. The van der Waals surface area contributed by atoms with Crippen molar-refractivity contribution in [1.29, 1.82) is 0 Å². The number of imidazole rings is 1. The number of piperidine rings is 1. The molecule has 24 heavy (non-hydrogen) atoms. The fraction of sp³-hybridized carbons (Fsp3) is 0.353. The molecule has 2 aromatic heterocycles. The van der Waals surface area contributed by atoms with E-state index in [-0.39, 0.29) is 37.0 Å². The Morgan fingerprint density at radius 1 is 1.29 bits per heavy atom. The van der Waals surface area contributed by atoms with Crippen molar-refractivity contribution in [2.24, 2.45) is 0 Å². The highest BCUT2D eigenvalue weighted by Crippen LogP contribution is 2.30. The third-order valence-electron chi connectivity index (χ3n) is 4.36. The number of methoxy groups -OCH3 is 1. The highest BCUT2D eigenvalue weighted by Gasteiger charge is 2.28. The monoisotopic (exact) mass is 369 g/mol. The Balaban J connectivity index is 0.00000104. The second-order valence-corrected chi connectivity index (χ2v) is 5.64. The highest BCUT2D eigenvalue weighted by molar-refractivity contribution is 5.85. The Hall–Kier alpha value is -1.53. The summed E-state index contributed by atoms with van der Waals surface area (Å²) in [6.45, 7) is 1.87. The molecule has 0 unspecified atom stereocenters. The number of furan rings is 1. The largest absolute Gasteiger partial charge is 0.453 e. The average molecular weight is 370 g/mol. The van der Waals surface area contributed by atoms with Crippen molar-refractivity contribution in [3.63, 3.8) is 0 Å². The number of fused-ring (bicyclic) bond motifs is 1. The molecule has 1 N–H and O–H groups in total. The molecule has 1 fully saturated rings. The van der Waals surface area contributed by atoms with E-state index >= 15 is 0 Å². The maximum Gasteiger partial charge on any atom is 0.176 e. The van der Waals surface area contributed by atoms with Crippen LogP contribution >= 0.6 is 24.8 Å². The van der Waals surface area contributed by atoms with Crippen molar-refractivity contribution in [2.75, 3.05) is 20.2 Å². The SMILES string of the molecule is CO[C@H]1CCNC[C@H]1n1ccnc1-c1cc2ccccc2o1.Cl.Cl. The van der Waals surface area contributed by atoms with Gasteiger partial charge in [0.15, 0.2) is 11.6 Å². The molecule has 5 nitrogen and oxygen atoms in total. The molecule has 0 amide bonds. The topological polar surface area (TPSA) is 52.2 Å². The van der Waals surface area contributed by atoms with Gasteiger partial charge in [0.2, 0.25) is 0 Å². The molecule has 1 saturated heterocycles. The van der Waals surface area contributed by atoms with Crippen LogP contribution in [0.2, 0.25) is 0 Å². The number of benzene rings is 1. The normalized spacial score (nSPS) is 20.4. The van der Waals surface area contributed by atoms with Crippen LogP contribution in [0.25, 0.3) is 22.6 Å². The van der Waals surface area contributed by atoms with E-state index in [1.807, 2.05) is 36.7 Å². The van der Waals surface area contributed by atoms with E-state index in [0.717, 1.165) is 42.1 Å². The van der Waals surface area contributed by atoms with Crippen LogP contribution in [0.5, 0.6) is 0 Å². The van der Waals surface area contributed by atoms with E-state index in [2.05, 4.69) is 20.9 Å². The van der Waals surface area contributed by atoms with Crippen LogP contribution in [0.1, 0.15) is 12.5 Å². The van der Waals surface area contributed by atoms with Gasteiger partial charge < -0.3 is 19.0 Å². The summed E-state index contributed by atoms with van der Waals surface area (Å²) in [6.07, 6.45) is 5.02. The van der Waals surface area contributed by atoms with Gasteiger partial charge in [0.05, 0.1) is 12.1 Å². The Bertz CT molecular complexity index is 754. The van der Waals surface area contributed by atoms with Gasteiger partial charge in [-0.1, -0.05) is 18.2 Å². The fourth-order valence-corrected chi connectivity index (χ4v) is 3.23. The summed E-state index contributed by atoms with van der Waals surface area (Å²) in [4.78, 5) is 4.51. The molecule has 0 bridgehead atoms. The molecule has 1 aromatic carbocycles. The molecule has 1 aliphatic heterocycles. The summed E-state index contributed by atoms with van der Waals surface area (Å²) in [5.74, 6) is 1.65. The molecule has 0 aliphatic carbocycles. The van der Waals surface area contributed by atoms with Gasteiger partial charge in [0.1, 0.15) is 5.58 Å². The maximum absolute atomic E-state index is 5.97. The number of halogens is 2. The van der Waals surface area contributed by atoms with Gasteiger partial charge in [-0.2, -0.15) is 0 Å². The molecule has 2 atom stereocenters. The van der Waals surface area contributed by atoms with Crippen molar-refractivity contribution < 1.29 is 9.15 Å². The molecule has 1 aliphatic rings. The van der Waals surface area contributed by atoms with Crippen molar-refractivity contribution in [2.45, 2.75) is 18.6 Å². The summed E-state index contributed by atoms with van der Waals surface area (Å²) in [5, 5.41) is 4.53. The predicted molar refractivity (Wildman–Crippen MR) is 99.3 cm³/mol. The van der Waals surface area contributed by atoms with Crippen molar-refractivity contribution in [3.05, 3.63) is 42.7 Å².